The molecule has 1 N–H and O–H groups in total. The maximum absolute atomic E-state index is 8.61. The summed E-state index contributed by atoms with van der Waals surface area (Å²) in [5.41, 5.74) is 0. The van der Waals surface area contributed by atoms with Crippen molar-refractivity contribution < 1.29 is 14.6 Å². The number of unbranched alkanes of at least 4 members (excludes halogenated alkanes) is 7. The Morgan fingerprint density at radius 2 is 1.50 bits per heavy atom. The van der Waals surface area contributed by atoms with Gasteiger partial charge in [-0.25, -0.2) is 0 Å². The Kier molecular flexibility index (Phi) is 8.77. The molecule has 0 amide bonds. The van der Waals surface area contributed by atoms with Crippen LogP contribution in [0.3, 0.4) is 0 Å². The number of hydrogen-bond acceptors (Lipinski definition) is 3. The molecule has 1 atom stereocenters. The molecular weight excluding hydrogens is 204 g/mol. The van der Waals surface area contributed by atoms with Crippen LogP contribution < -0.4 is 0 Å². The lowest BCUT2D eigenvalue weighted by Crippen LogP contribution is -2.02. The van der Waals surface area contributed by atoms with Gasteiger partial charge >= 0.3 is 0 Å². The van der Waals surface area contributed by atoms with Gasteiger partial charge in [-0.3, -0.25) is 0 Å². The second-order valence-corrected chi connectivity index (χ2v) is 4.58. The van der Waals surface area contributed by atoms with Crippen LogP contribution in [0.25, 0.3) is 0 Å². The van der Waals surface area contributed by atoms with Crippen molar-refractivity contribution in [3.05, 3.63) is 0 Å². The van der Waals surface area contributed by atoms with Crippen molar-refractivity contribution >= 4 is 0 Å². The summed E-state index contributed by atoms with van der Waals surface area (Å²) in [6.07, 6.45) is 10.3. The molecule has 0 bridgehead atoms. The van der Waals surface area contributed by atoms with Crippen molar-refractivity contribution in [2.45, 2.75) is 57.5 Å². The topological polar surface area (TPSA) is 42.0 Å². The van der Waals surface area contributed by atoms with Gasteiger partial charge in [0.15, 0.2) is 0 Å². The van der Waals surface area contributed by atoms with Crippen molar-refractivity contribution in [3.8, 4) is 0 Å². The number of hydrogen-bond donors (Lipinski definition) is 1. The molecule has 0 aromatic heterocycles. The summed E-state index contributed by atoms with van der Waals surface area (Å²) in [6.45, 7) is 2.93. The zero-order valence-corrected chi connectivity index (χ0v) is 10.3. The maximum atomic E-state index is 8.61. The predicted octanol–water partition coefficient (Wildman–Crippen LogP) is 2.51. The molecule has 0 radical (unpaired) electrons. The molecule has 1 rings (SSSR count). The summed E-state index contributed by atoms with van der Waals surface area (Å²) in [4.78, 5) is 0. The van der Waals surface area contributed by atoms with Crippen LogP contribution in [-0.2, 0) is 9.47 Å². The molecule has 16 heavy (non-hydrogen) atoms. The van der Waals surface area contributed by atoms with E-state index < -0.39 is 0 Å². The van der Waals surface area contributed by atoms with Gasteiger partial charge in [-0.15, -0.1) is 0 Å². The summed E-state index contributed by atoms with van der Waals surface area (Å²) in [5, 5.41) is 8.61. The fourth-order valence-electron chi connectivity index (χ4n) is 1.76. The minimum Gasteiger partial charge on any atom is -0.396 e. The monoisotopic (exact) mass is 230 g/mol. The second kappa shape index (κ2) is 10.1. The van der Waals surface area contributed by atoms with Crippen LogP contribution in [0.1, 0.15) is 51.4 Å². The molecule has 0 aliphatic carbocycles. The van der Waals surface area contributed by atoms with Crippen molar-refractivity contribution in [1.82, 2.24) is 0 Å². The van der Waals surface area contributed by atoms with E-state index in [1.165, 1.54) is 44.9 Å². The van der Waals surface area contributed by atoms with Crippen molar-refractivity contribution in [2.24, 2.45) is 0 Å². The first kappa shape index (κ1) is 13.9. The highest BCUT2D eigenvalue weighted by atomic mass is 16.6. The Balaban J connectivity index is 1.61. The largest absolute Gasteiger partial charge is 0.396 e. The quantitative estimate of drug-likeness (QED) is 0.414. The molecule has 1 aliphatic rings. The molecule has 3 heteroatoms. The van der Waals surface area contributed by atoms with Crippen molar-refractivity contribution in [3.63, 3.8) is 0 Å². The van der Waals surface area contributed by atoms with Gasteiger partial charge in [0, 0.05) is 13.2 Å². The maximum Gasteiger partial charge on any atom is 0.104 e. The fourth-order valence-corrected chi connectivity index (χ4v) is 1.76. The first-order chi connectivity index (χ1) is 7.93. The van der Waals surface area contributed by atoms with E-state index in [9.17, 15) is 0 Å². The van der Waals surface area contributed by atoms with E-state index in [1.54, 1.807) is 0 Å². The zero-order valence-electron chi connectivity index (χ0n) is 10.3. The Morgan fingerprint density at radius 3 is 2.06 bits per heavy atom. The number of rotatable bonds is 12. The minimum atomic E-state index is 0.349. The summed E-state index contributed by atoms with van der Waals surface area (Å²) in [7, 11) is 0. The van der Waals surface area contributed by atoms with Crippen LogP contribution in [0.2, 0.25) is 0 Å². The smallest absolute Gasteiger partial charge is 0.104 e. The van der Waals surface area contributed by atoms with Gasteiger partial charge in [-0.1, -0.05) is 38.5 Å². The first-order valence-electron chi connectivity index (χ1n) is 6.73. The lowest BCUT2D eigenvalue weighted by Gasteiger charge is -2.02. The van der Waals surface area contributed by atoms with Gasteiger partial charge < -0.3 is 14.6 Å². The standard InChI is InChI=1S/C13H26O3/c14-9-7-5-3-1-2-4-6-8-10-15-11-13-12-16-13/h13-14H,1-12H2. The zero-order chi connectivity index (χ0) is 11.5. The van der Waals surface area contributed by atoms with Crippen LogP contribution in [0.15, 0.2) is 0 Å². The third-order valence-corrected chi connectivity index (χ3v) is 2.90. The molecule has 0 spiro atoms. The lowest BCUT2D eigenvalue weighted by molar-refractivity contribution is 0.113. The summed E-state index contributed by atoms with van der Waals surface area (Å²) >= 11 is 0. The number of aliphatic hydroxyl groups excluding tert-OH is 1. The predicted molar refractivity (Wildman–Crippen MR) is 64.6 cm³/mol. The lowest BCUT2D eigenvalue weighted by atomic mass is 10.1. The van der Waals surface area contributed by atoms with Gasteiger partial charge in [-0.2, -0.15) is 0 Å². The first-order valence-corrected chi connectivity index (χ1v) is 6.73. The molecular formula is C13H26O3. The van der Waals surface area contributed by atoms with E-state index in [0.717, 1.165) is 26.2 Å². The van der Waals surface area contributed by atoms with Gasteiger partial charge in [0.05, 0.1) is 13.2 Å². The molecule has 96 valence electrons. The van der Waals surface area contributed by atoms with Gasteiger partial charge in [0.1, 0.15) is 6.10 Å². The number of ether oxygens (including phenoxy) is 2. The molecule has 0 aromatic rings. The summed E-state index contributed by atoms with van der Waals surface area (Å²) < 4.78 is 10.5. The Morgan fingerprint density at radius 1 is 0.938 bits per heavy atom. The third kappa shape index (κ3) is 9.13. The van der Waals surface area contributed by atoms with Crippen LogP contribution in [0.5, 0.6) is 0 Å². The van der Waals surface area contributed by atoms with E-state index >= 15 is 0 Å². The molecule has 3 nitrogen and oxygen atoms in total. The SMILES string of the molecule is OCCCCCCCCCCOCC1CO1. The van der Waals surface area contributed by atoms with E-state index in [2.05, 4.69) is 0 Å². The summed E-state index contributed by atoms with van der Waals surface area (Å²) in [5.74, 6) is 0. The highest BCUT2D eigenvalue weighted by molar-refractivity contribution is 4.66. The Bertz CT molecular complexity index is 146. The normalized spacial score (nSPS) is 18.9. The van der Waals surface area contributed by atoms with E-state index in [1.807, 2.05) is 0 Å². The molecule has 1 aliphatic heterocycles. The molecule has 1 unspecified atom stereocenters. The highest BCUT2D eigenvalue weighted by Gasteiger charge is 2.21. The Labute approximate surface area is 99.1 Å². The molecule has 0 saturated carbocycles. The van der Waals surface area contributed by atoms with E-state index in [0.29, 0.717) is 12.7 Å². The molecule has 1 fully saturated rings. The van der Waals surface area contributed by atoms with Crippen LogP contribution in [0, 0.1) is 0 Å². The van der Waals surface area contributed by atoms with E-state index in [-0.39, 0.29) is 0 Å². The minimum absolute atomic E-state index is 0.349. The summed E-state index contributed by atoms with van der Waals surface area (Å²) in [6, 6.07) is 0. The van der Waals surface area contributed by atoms with Gasteiger partial charge in [0.25, 0.3) is 0 Å². The van der Waals surface area contributed by atoms with E-state index in [4.69, 9.17) is 14.6 Å². The Hall–Kier alpha value is -0.120. The third-order valence-electron chi connectivity index (χ3n) is 2.90. The van der Waals surface area contributed by atoms with Crippen LogP contribution in [-0.4, -0.2) is 37.6 Å². The number of epoxide rings is 1. The van der Waals surface area contributed by atoms with Gasteiger partial charge in [0.2, 0.25) is 0 Å². The van der Waals surface area contributed by atoms with Gasteiger partial charge in [-0.05, 0) is 12.8 Å². The number of aliphatic hydroxyl groups is 1. The second-order valence-electron chi connectivity index (χ2n) is 4.58. The van der Waals surface area contributed by atoms with Crippen LogP contribution >= 0.6 is 0 Å². The van der Waals surface area contributed by atoms with Crippen molar-refractivity contribution in [2.75, 3.05) is 26.4 Å². The highest BCUT2D eigenvalue weighted by Crippen LogP contribution is 2.10. The molecule has 1 saturated heterocycles. The van der Waals surface area contributed by atoms with Crippen molar-refractivity contribution in [1.29, 1.82) is 0 Å². The van der Waals surface area contributed by atoms with Crippen LogP contribution in [0.4, 0.5) is 0 Å². The fraction of sp³-hybridized carbons (Fsp3) is 1.00. The average Bonchev–Trinajstić information content (AvgIpc) is 3.10. The average molecular weight is 230 g/mol. The molecule has 0 aromatic carbocycles. The molecule has 1 heterocycles.